The van der Waals surface area contributed by atoms with Crippen molar-refractivity contribution in [1.82, 2.24) is 20.0 Å². The van der Waals surface area contributed by atoms with Gasteiger partial charge in [-0.15, -0.1) is 0 Å². The van der Waals surface area contributed by atoms with Crippen LogP contribution in [-0.2, 0) is 16.1 Å². The molecule has 2 aromatic rings. The van der Waals surface area contributed by atoms with Crippen molar-refractivity contribution in [3.8, 4) is 0 Å². The van der Waals surface area contributed by atoms with Gasteiger partial charge in [-0.1, -0.05) is 26.0 Å². The molecule has 1 fully saturated rings. The van der Waals surface area contributed by atoms with Gasteiger partial charge in [0.05, 0.1) is 19.8 Å². The van der Waals surface area contributed by atoms with Crippen LogP contribution in [0.1, 0.15) is 69.0 Å². The molecule has 1 atom stereocenters. The summed E-state index contributed by atoms with van der Waals surface area (Å²) in [7, 11) is 0. The Morgan fingerprint density at radius 2 is 1.68 bits per heavy atom. The van der Waals surface area contributed by atoms with Crippen molar-refractivity contribution in [1.29, 1.82) is 0 Å². The van der Waals surface area contributed by atoms with Gasteiger partial charge in [-0.25, -0.2) is 4.39 Å². The minimum absolute atomic E-state index is 0.187. The SMILES string of the molecule is CCN(CC)CCCN(C(=O)c1ccc(CN2CCOCC2)o1)C(C(=O)NC(C)(C)C)c1ccc(F)cc1. The number of rotatable bonds is 12. The summed E-state index contributed by atoms with van der Waals surface area (Å²) in [6.07, 6.45) is 0.676. The van der Waals surface area contributed by atoms with Gasteiger partial charge in [-0.2, -0.15) is 0 Å². The minimum Gasteiger partial charge on any atom is -0.455 e. The monoisotopic (exact) mass is 530 g/mol. The Morgan fingerprint density at radius 3 is 2.29 bits per heavy atom. The second kappa shape index (κ2) is 13.9. The molecule has 0 aliphatic carbocycles. The van der Waals surface area contributed by atoms with Crippen LogP contribution in [0.4, 0.5) is 4.39 Å². The zero-order valence-corrected chi connectivity index (χ0v) is 23.5. The van der Waals surface area contributed by atoms with E-state index in [1.54, 1.807) is 23.1 Å². The predicted octanol–water partition coefficient (Wildman–Crippen LogP) is 4.08. The fourth-order valence-electron chi connectivity index (χ4n) is 4.61. The van der Waals surface area contributed by atoms with Gasteiger partial charge in [0.2, 0.25) is 5.91 Å². The molecule has 9 heteroatoms. The molecule has 0 radical (unpaired) electrons. The van der Waals surface area contributed by atoms with Crippen LogP contribution in [0.25, 0.3) is 0 Å². The molecule has 1 aromatic carbocycles. The Balaban J connectivity index is 1.91. The Bertz CT molecular complexity index is 1020. The number of amides is 2. The highest BCUT2D eigenvalue weighted by Crippen LogP contribution is 2.26. The summed E-state index contributed by atoms with van der Waals surface area (Å²) < 4.78 is 25.2. The number of carbonyl (C=O) groups is 2. The molecule has 0 saturated carbocycles. The lowest BCUT2D eigenvalue weighted by Crippen LogP contribution is -2.49. The summed E-state index contributed by atoms with van der Waals surface area (Å²) in [5.41, 5.74) is 0.0332. The fraction of sp³-hybridized carbons (Fsp3) is 0.586. The first-order chi connectivity index (χ1) is 18.1. The molecule has 1 unspecified atom stereocenters. The molecule has 38 heavy (non-hydrogen) atoms. The third-order valence-corrected chi connectivity index (χ3v) is 6.63. The Morgan fingerprint density at radius 1 is 1.03 bits per heavy atom. The highest BCUT2D eigenvalue weighted by atomic mass is 19.1. The number of halogens is 1. The van der Waals surface area contributed by atoms with Crippen molar-refractivity contribution in [2.45, 2.75) is 59.2 Å². The summed E-state index contributed by atoms with van der Waals surface area (Å²) in [6, 6.07) is 8.33. The lowest BCUT2D eigenvalue weighted by molar-refractivity contribution is -0.127. The number of furan rings is 1. The normalized spacial score (nSPS) is 15.4. The van der Waals surface area contributed by atoms with Gasteiger partial charge < -0.3 is 24.3 Å². The highest BCUT2D eigenvalue weighted by molar-refractivity contribution is 5.96. The molecule has 8 nitrogen and oxygen atoms in total. The largest absolute Gasteiger partial charge is 0.455 e. The molecule has 1 aromatic heterocycles. The van der Waals surface area contributed by atoms with Gasteiger partial charge in [0.1, 0.15) is 17.6 Å². The Hall–Kier alpha value is -2.75. The van der Waals surface area contributed by atoms with E-state index in [4.69, 9.17) is 9.15 Å². The molecule has 1 saturated heterocycles. The van der Waals surface area contributed by atoms with Crippen LogP contribution in [0.2, 0.25) is 0 Å². The molecule has 1 N–H and O–H groups in total. The van der Waals surface area contributed by atoms with E-state index in [1.165, 1.54) is 12.1 Å². The number of nitrogens with one attached hydrogen (secondary N) is 1. The maximum atomic E-state index is 13.9. The lowest BCUT2D eigenvalue weighted by Gasteiger charge is -2.34. The van der Waals surface area contributed by atoms with Gasteiger partial charge >= 0.3 is 0 Å². The predicted molar refractivity (Wildman–Crippen MR) is 145 cm³/mol. The van der Waals surface area contributed by atoms with E-state index in [9.17, 15) is 14.0 Å². The van der Waals surface area contributed by atoms with E-state index in [1.807, 2.05) is 26.8 Å². The van der Waals surface area contributed by atoms with Crippen LogP contribution in [0, 0.1) is 5.82 Å². The maximum Gasteiger partial charge on any atom is 0.290 e. The van der Waals surface area contributed by atoms with Crippen molar-refractivity contribution in [2.75, 3.05) is 52.5 Å². The van der Waals surface area contributed by atoms with Gasteiger partial charge in [-0.3, -0.25) is 14.5 Å². The van der Waals surface area contributed by atoms with Crippen LogP contribution in [0.3, 0.4) is 0 Å². The summed E-state index contributed by atoms with van der Waals surface area (Å²) in [5, 5.41) is 3.01. The van der Waals surface area contributed by atoms with E-state index in [0.29, 0.717) is 44.0 Å². The smallest absolute Gasteiger partial charge is 0.290 e. The fourth-order valence-corrected chi connectivity index (χ4v) is 4.61. The average molecular weight is 531 g/mol. The number of benzene rings is 1. The number of nitrogens with zero attached hydrogens (tertiary/aromatic N) is 3. The second-order valence-corrected chi connectivity index (χ2v) is 10.7. The summed E-state index contributed by atoms with van der Waals surface area (Å²) in [6.45, 7) is 16.4. The zero-order chi connectivity index (χ0) is 27.7. The molecule has 0 spiro atoms. The van der Waals surface area contributed by atoms with Gasteiger partial charge in [0, 0.05) is 25.2 Å². The molecule has 210 valence electrons. The maximum absolute atomic E-state index is 13.9. The number of hydrogen-bond donors (Lipinski definition) is 1. The van der Waals surface area contributed by atoms with Crippen molar-refractivity contribution in [2.24, 2.45) is 0 Å². The van der Waals surface area contributed by atoms with Crippen molar-refractivity contribution >= 4 is 11.8 Å². The van der Waals surface area contributed by atoms with Crippen molar-refractivity contribution in [3.05, 3.63) is 59.3 Å². The molecule has 0 bridgehead atoms. The summed E-state index contributed by atoms with van der Waals surface area (Å²) in [4.78, 5) is 33.6. The molecule has 2 heterocycles. The van der Waals surface area contributed by atoms with Crippen LogP contribution in [-0.4, -0.2) is 84.5 Å². The van der Waals surface area contributed by atoms with E-state index < -0.39 is 17.4 Å². The van der Waals surface area contributed by atoms with Gasteiger partial charge in [0.15, 0.2) is 5.76 Å². The quantitative estimate of drug-likeness (QED) is 0.446. The summed E-state index contributed by atoms with van der Waals surface area (Å²) >= 11 is 0. The molecular formula is C29H43FN4O4. The number of morpholine rings is 1. The minimum atomic E-state index is -0.938. The van der Waals surface area contributed by atoms with Gasteiger partial charge in [-0.05, 0) is 76.7 Å². The van der Waals surface area contributed by atoms with Crippen LogP contribution in [0.15, 0.2) is 40.8 Å². The first-order valence-electron chi connectivity index (χ1n) is 13.6. The Kier molecular flexibility index (Phi) is 10.9. The molecule has 1 aliphatic rings. The van der Waals surface area contributed by atoms with Crippen molar-refractivity contribution in [3.63, 3.8) is 0 Å². The first-order valence-corrected chi connectivity index (χ1v) is 13.6. The number of carbonyl (C=O) groups excluding carboxylic acids is 2. The van der Waals surface area contributed by atoms with Crippen LogP contribution < -0.4 is 5.32 Å². The van der Waals surface area contributed by atoms with Crippen LogP contribution >= 0.6 is 0 Å². The second-order valence-electron chi connectivity index (χ2n) is 10.7. The van der Waals surface area contributed by atoms with Crippen molar-refractivity contribution < 1.29 is 23.1 Å². The topological polar surface area (TPSA) is 78.3 Å². The highest BCUT2D eigenvalue weighted by Gasteiger charge is 2.35. The molecule has 1 aliphatic heterocycles. The third kappa shape index (κ3) is 8.64. The van der Waals surface area contributed by atoms with E-state index in [0.717, 1.165) is 32.7 Å². The average Bonchev–Trinajstić information content (AvgIpc) is 3.34. The van der Waals surface area contributed by atoms with E-state index >= 15 is 0 Å². The number of ether oxygens (including phenoxy) is 1. The standard InChI is InChI=1S/C29H43FN4O4/c1-6-32(7-2)15-8-16-34(26(27(35)31-29(3,4)5)22-9-11-23(30)12-10-22)28(36)25-14-13-24(38-25)21-33-17-19-37-20-18-33/h9-14,26H,6-8,15-21H2,1-5H3,(H,31,35). The Labute approximate surface area is 226 Å². The lowest BCUT2D eigenvalue weighted by atomic mass is 10.0. The van der Waals surface area contributed by atoms with E-state index in [2.05, 4.69) is 29.0 Å². The number of hydrogen-bond acceptors (Lipinski definition) is 6. The summed E-state index contributed by atoms with van der Waals surface area (Å²) in [5.74, 6) is -0.207. The molecule has 2 amide bonds. The molecular weight excluding hydrogens is 487 g/mol. The van der Waals surface area contributed by atoms with E-state index in [-0.39, 0.29) is 17.6 Å². The molecule has 3 rings (SSSR count). The third-order valence-electron chi connectivity index (χ3n) is 6.63. The van der Waals surface area contributed by atoms with Crippen LogP contribution in [0.5, 0.6) is 0 Å². The van der Waals surface area contributed by atoms with Gasteiger partial charge in [0.25, 0.3) is 5.91 Å². The zero-order valence-electron chi connectivity index (χ0n) is 23.5. The first kappa shape index (κ1) is 29.8.